The van der Waals surface area contributed by atoms with Gasteiger partial charge >= 0.3 is 0 Å². The van der Waals surface area contributed by atoms with Gasteiger partial charge in [0, 0.05) is 18.1 Å². The van der Waals surface area contributed by atoms with Gasteiger partial charge in [-0.15, -0.1) is 0 Å². The van der Waals surface area contributed by atoms with Crippen LogP contribution in [0.15, 0.2) is 24.3 Å². The molecule has 0 bridgehead atoms. The first-order valence-corrected chi connectivity index (χ1v) is 8.79. The number of halogens is 1. The summed E-state index contributed by atoms with van der Waals surface area (Å²) in [5, 5.41) is 9.09. The van der Waals surface area contributed by atoms with E-state index in [0.29, 0.717) is 24.5 Å². The number of nitriles is 1. The van der Waals surface area contributed by atoms with Gasteiger partial charge in [-0.25, -0.2) is 13.1 Å². The van der Waals surface area contributed by atoms with Crippen LogP contribution in [0, 0.1) is 11.3 Å². The molecule has 2 atom stereocenters. The fraction of sp³-hybridized carbons (Fsp3) is 0.500. The molecule has 1 fully saturated rings. The number of rotatable bonds is 6. The van der Waals surface area contributed by atoms with Gasteiger partial charge in [0.15, 0.2) is 0 Å². The van der Waals surface area contributed by atoms with Crippen molar-refractivity contribution < 1.29 is 13.2 Å². The van der Waals surface area contributed by atoms with E-state index >= 15 is 0 Å². The highest BCUT2D eigenvalue weighted by Gasteiger charge is 2.32. The topological polar surface area (TPSA) is 79.2 Å². The van der Waals surface area contributed by atoms with Crippen LogP contribution in [0.2, 0.25) is 5.02 Å². The second kappa shape index (κ2) is 7.23. The monoisotopic (exact) mass is 328 g/mol. The summed E-state index contributed by atoms with van der Waals surface area (Å²) in [6.07, 6.45) is 0.909. The van der Waals surface area contributed by atoms with Crippen LogP contribution in [-0.4, -0.2) is 26.8 Å². The van der Waals surface area contributed by atoms with E-state index in [1.54, 1.807) is 12.1 Å². The zero-order valence-corrected chi connectivity index (χ0v) is 13.0. The van der Waals surface area contributed by atoms with E-state index in [-0.39, 0.29) is 24.3 Å². The SMILES string of the molecule is N#CCCCS(=O)(=O)N[C@H]1CCO[C@@H]1c1ccc(Cl)cc1. The highest BCUT2D eigenvalue weighted by atomic mass is 35.5. The van der Waals surface area contributed by atoms with Crippen LogP contribution < -0.4 is 4.72 Å². The number of nitrogens with one attached hydrogen (secondary N) is 1. The highest BCUT2D eigenvalue weighted by Crippen LogP contribution is 2.30. The van der Waals surface area contributed by atoms with Gasteiger partial charge in [-0.2, -0.15) is 5.26 Å². The number of sulfonamides is 1. The highest BCUT2D eigenvalue weighted by molar-refractivity contribution is 7.89. The summed E-state index contributed by atoms with van der Waals surface area (Å²) >= 11 is 5.85. The lowest BCUT2D eigenvalue weighted by molar-refractivity contribution is 0.102. The van der Waals surface area contributed by atoms with Crippen LogP contribution in [0.25, 0.3) is 0 Å². The van der Waals surface area contributed by atoms with Gasteiger partial charge < -0.3 is 4.74 Å². The minimum absolute atomic E-state index is 0.0373. The van der Waals surface area contributed by atoms with Crippen LogP contribution in [0.3, 0.4) is 0 Å². The minimum atomic E-state index is -3.39. The maximum atomic E-state index is 12.0. The Morgan fingerprint density at radius 3 is 2.76 bits per heavy atom. The van der Waals surface area contributed by atoms with Crippen molar-refractivity contribution in [1.82, 2.24) is 4.72 Å². The second-order valence-electron chi connectivity index (χ2n) is 4.94. The van der Waals surface area contributed by atoms with Gasteiger partial charge in [-0.1, -0.05) is 23.7 Å². The van der Waals surface area contributed by atoms with Crippen molar-refractivity contribution in [3.8, 4) is 6.07 Å². The third-order valence-electron chi connectivity index (χ3n) is 3.32. The Balaban J connectivity index is 2.02. The number of ether oxygens (including phenoxy) is 1. The maximum Gasteiger partial charge on any atom is 0.211 e. The Bertz CT molecular complexity index is 610. The van der Waals surface area contributed by atoms with Crippen LogP contribution in [0.4, 0.5) is 0 Å². The quantitative estimate of drug-likeness (QED) is 0.813. The first kappa shape index (κ1) is 16.2. The first-order valence-electron chi connectivity index (χ1n) is 6.76. The van der Waals surface area contributed by atoms with Crippen molar-refractivity contribution in [3.63, 3.8) is 0 Å². The maximum absolute atomic E-state index is 12.0. The fourth-order valence-corrected chi connectivity index (χ4v) is 3.79. The first-order chi connectivity index (χ1) is 10.0. The van der Waals surface area contributed by atoms with Gasteiger partial charge in [-0.05, 0) is 30.5 Å². The molecule has 2 rings (SSSR count). The molecule has 1 saturated heterocycles. The molecule has 0 spiro atoms. The predicted octanol–water partition coefficient (Wildman–Crippen LogP) is 2.39. The molecule has 0 aromatic heterocycles. The zero-order chi connectivity index (χ0) is 15.3. The smallest absolute Gasteiger partial charge is 0.211 e. The van der Waals surface area contributed by atoms with E-state index < -0.39 is 10.0 Å². The van der Waals surface area contributed by atoms with Gasteiger partial charge in [0.25, 0.3) is 0 Å². The molecule has 1 heterocycles. The van der Waals surface area contributed by atoms with Crippen LogP contribution >= 0.6 is 11.6 Å². The van der Waals surface area contributed by atoms with Crippen molar-refractivity contribution in [1.29, 1.82) is 5.26 Å². The van der Waals surface area contributed by atoms with Gasteiger partial charge in [0.05, 0.1) is 24.0 Å². The third-order valence-corrected chi connectivity index (χ3v) is 5.06. The van der Waals surface area contributed by atoms with E-state index in [0.717, 1.165) is 5.56 Å². The molecular weight excluding hydrogens is 312 g/mol. The third kappa shape index (κ3) is 4.68. The molecule has 1 aromatic carbocycles. The Morgan fingerprint density at radius 2 is 2.10 bits per heavy atom. The normalized spacial score (nSPS) is 22.1. The fourth-order valence-electron chi connectivity index (χ4n) is 2.32. The molecule has 114 valence electrons. The largest absolute Gasteiger partial charge is 0.372 e. The van der Waals surface area contributed by atoms with Crippen LogP contribution in [0.1, 0.15) is 30.9 Å². The molecule has 1 N–H and O–H groups in total. The molecule has 21 heavy (non-hydrogen) atoms. The van der Waals surface area contributed by atoms with E-state index in [2.05, 4.69) is 4.72 Å². The Hall–Kier alpha value is -1.13. The van der Waals surface area contributed by atoms with Crippen molar-refractivity contribution in [2.75, 3.05) is 12.4 Å². The Labute approximate surface area is 129 Å². The molecule has 0 saturated carbocycles. The Morgan fingerprint density at radius 1 is 1.38 bits per heavy atom. The predicted molar refractivity (Wildman–Crippen MR) is 80.3 cm³/mol. The average Bonchev–Trinajstić information content (AvgIpc) is 2.87. The lowest BCUT2D eigenvalue weighted by Crippen LogP contribution is -2.38. The number of hydrogen-bond donors (Lipinski definition) is 1. The van der Waals surface area contributed by atoms with Crippen molar-refractivity contribution in [3.05, 3.63) is 34.9 Å². The number of nitrogens with zero attached hydrogens (tertiary/aromatic N) is 1. The number of benzene rings is 1. The lowest BCUT2D eigenvalue weighted by atomic mass is 10.0. The van der Waals surface area contributed by atoms with Gasteiger partial charge in [0.2, 0.25) is 10.0 Å². The summed E-state index contributed by atoms with van der Waals surface area (Å²) in [6.45, 7) is 0.513. The van der Waals surface area contributed by atoms with Gasteiger partial charge in [-0.3, -0.25) is 0 Å². The van der Waals surface area contributed by atoms with Crippen LogP contribution in [-0.2, 0) is 14.8 Å². The average molecular weight is 329 g/mol. The molecule has 7 heteroatoms. The standard InChI is InChI=1S/C14H17ClN2O3S/c15-12-5-3-11(4-6-12)14-13(7-9-20-14)17-21(18,19)10-2-1-8-16/h3-6,13-14,17H,1-2,7,9-10H2/t13-,14+/m0/s1. The summed E-state index contributed by atoms with van der Waals surface area (Å²) in [5.74, 6) is -0.0373. The molecule has 0 amide bonds. The lowest BCUT2D eigenvalue weighted by Gasteiger charge is -2.20. The zero-order valence-electron chi connectivity index (χ0n) is 11.5. The van der Waals surface area contributed by atoms with E-state index in [1.807, 2.05) is 18.2 Å². The number of unbranched alkanes of at least 4 members (excludes halogenated alkanes) is 1. The molecule has 0 radical (unpaired) electrons. The van der Waals surface area contributed by atoms with Crippen molar-refractivity contribution >= 4 is 21.6 Å². The molecule has 1 aromatic rings. The van der Waals surface area contributed by atoms with E-state index in [4.69, 9.17) is 21.6 Å². The summed E-state index contributed by atoms with van der Waals surface area (Å²) in [4.78, 5) is 0. The second-order valence-corrected chi connectivity index (χ2v) is 7.25. The molecule has 5 nitrogen and oxygen atoms in total. The minimum Gasteiger partial charge on any atom is -0.372 e. The summed E-state index contributed by atoms with van der Waals surface area (Å²) < 4.78 is 32.3. The number of hydrogen-bond acceptors (Lipinski definition) is 4. The van der Waals surface area contributed by atoms with Crippen molar-refractivity contribution in [2.24, 2.45) is 0 Å². The van der Waals surface area contributed by atoms with E-state index in [1.165, 1.54) is 0 Å². The van der Waals surface area contributed by atoms with E-state index in [9.17, 15) is 8.42 Å². The van der Waals surface area contributed by atoms with Crippen LogP contribution in [0.5, 0.6) is 0 Å². The van der Waals surface area contributed by atoms with Gasteiger partial charge in [0.1, 0.15) is 0 Å². The summed E-state index contributed by atoms with van der Waals surface area (Å²) in [6, 6.07) is 8.87. The molecule has 1 aliphatic heterocycles. The van der Waals surface area contributed by atoms with Crippen molar-refractivity contribution in [2.45, 2.75) is 31.4 Å². The Kier molecular flexibility index (Phi) is 5.59. The molecular formula is C14H17ClN2O3S. The molecule has 0 aliphatic carbocycles. The summed E-state index contributed by atoms with van der Waals surface area (Å²) in [7, 11) is -3.39. The molecule has 1 aliphatic rings. The summed E-state index contributed by atoms with van der Waals surface area (Å²) in [5.41, 5.74) is 0.904. The molecule has 0 unspecified atom stereocenters.